The Bertz CT molecular complexity index is 596. The molecular formula is C17H22N2O4. The summed E-state index contributed by atoms with van der Waals surface area (Å²) >= 11 is 0. The van der Waals surface area contributed by atoms with E-state index in [9.17, 15) is 9.59 Å². The molecule has 6 nitrogen and oxygen atoms in total. The van der Waals surface area contributed by atoms with Crippen LogP contribution in [-0.4, -0.2) is 31.3 Å². The summed E-state index contributed by atoms with van der Waals surface area (Å²) in [5, 5.41) is 5.38. The summed E-state index contributed by atoms with van der Waals surface area (Å²) in [6, 6.07) is 8.46. The first-order valence-corrected chi connectivity index (χ1v) is 7.61. The Morgan fingerprint density at radius 1 is 1.22 bits per heavy atom. The second kappa shape index (κ2) is 7.78. The molecule has 1 aromatic rings. The fraction of sp³-hybridized carbons (Fsp3) is 0.412. The van der Waals surface area contributed by atoms with Crippen molar-refractivity contribution in [3.8, 4) is 0 Å². The van der Waals surface area contributed by atoms with Gasteiger partial charge in [0.15, 0.2) is 0 Å². The van der Waals surface area contributed by atoms with Crippen LogP contribution in [-0.2, 0) is 14.3 Å². The molecule has 2 rings (SSSR count). The van der Waals surface area contributed by atoms with E-state index in [1.165, 1.54) is 0 Å². The van der Waals surface area contributed by atoms with Gasteiger partial charge in [-0.2, -0.15) is 0 Å². The number of ether oxygens (including phenoxy) is 2. The number of benzene rings is 1. The van der Waals surface area contributed by atoms with Gasteiger partial charge in [-0.3, -0.25) is 0 Å². The van der Waals surface area contributed by atoms with Crippen molar-refractivity contribution in [3.63, 3.8) is 0 Å². The van der Waals surface area contributed by atoms with Gasteiger partial charge in [0, 0.05) is 5.70 Å². The van der Waals surface area contributed by atoms with Crippen LogP contribution < -0.4 is 10.6 Å². The second-order valence-electron chi connectivity index (χ2n) is 5.54. The maximum atomic E-state index is 12.4. The molecule has 0 aromatic heterocycles. The largest absolute Gasteiger partial charge is 0.460 e. The molecule has 0 spiro atoms. The zero-order valence-electron chi connectivity index (χ0n) is 13.6. The molecule has 0 radical (unpaired) electrons. The topological polar surface area (TPSA) is 76.7 Å². The van der Waals surface area contributed by atoms with Crippen molar-refractivity contribution < 1.29 is 19.1 Å². The van der Waals surface area contributed by atoms with E-state index in [4.69, 9.17) is 9.47 Å². The number of hydrogen-bond donors (Lipinski definition) is 2. The number of hydrogen-bond acceptors (Lipinski definition) is 4. The monoisotopic (exact) mass is 318 g/mol. The van der Waals surface area contributed by atoms with Crippen LogP contribution in [0.1, 0.15) is 32.4 Å². The number of amides is 2. The summed E-state index contributed by atoms with van der Waals surface area (Å²) in [7, 11) is 0. The molecule has 2 amide bonds. The van der Waals surface area contributed by atoms with Gasteiger partial charge < -0.3 is 20.1 Å². The highest BCUT2D eigenvalue weighted by Gasteiger charge is 2.31. The van der Waals surface area contributed by atoms with Gasteiger partial charge in [0.05, 0.1) is 24.3 Å². The minimum Gasteiger partial charge on any atom is -0.460 e. The van der Waals surface area contributed by atoms with Crippen molar-refractivity contribution in [2.75, 3.05) is 13.2 Å². The summed E-state index contributed by atoms with van der Waals surface area (Å²) in [6.45, 7) is 6.03. The van der Waals surface area contributed by atoms with Crippen molar-refractivity contribution in [2.45, 2.75) is 32.9 Å². The van der Waals surface area contributed by atoms with Crippen molar-refractivity contribution in [3.05, 3.63) is 47.2 Å². The van der Waals surface area contributed by atoms with Gasteiger partial charge in [0.2, 0.25) is 0 Å². The molecule has 124 valence electrons. The van der Waals surface area contributed by atoms with E-state index in [0.717, 1.165) is 5.56 Å². The van der Waals surface area contributed by atoms with Gasteiger partial charge in [0.25, 0.3) is 0 Å². The quantitative estimate of drug-likeness (QED) is 0.623. The molecule has 1 aromatic carbocycles. The Morgan fingerprint density at radius 3 is 2.57 bits per heavy atom. The Balaban J connectivity index is 2.13. The van der Waals surface area contributed by atoms with Gasteiger partial charge in [-0.05, 0) is 26.3 Å². The van der Waals surface area contributed by atoms with Crippen LogP contribution in [0.25, 0.3) is 0 Å². The average Bonchev–Trinajstić information content (AvgIpc) is 2.51. The molecule has 0 fully saturated rings. The molecule has 0 saturated carbocycles. The number of esters is 1. The zero-order valence-corrected chi connectivity index (χ0v) is 13.6. The van der Waals surface area contributed by atoms with E-state index in [1.807, 2.05) is 44.2 Å². The van der Waals surface area contributed by atoms with E-state index < -0.39 is 12.0 Å². The summed E-state index contributed by atoms with van der Waals surface area (Å²) < 4.78 is 10.6. The van der Waals surface area contributed by atoms with Crippen molar-refractivity contribution in [2.24, 2.45) is 0 Å². The number of rotatable bonds is 6. The lowest BCUT2D eigenvalue weighted by atomic mass is 9.96. The molecule has 23 heavy (non-hydrogen) atoms. The summed E-state index contributed by atoms with van der Waals surface area (Å²) in [4.78, 5) is 24.1. The molecular weight excluding hydrogens is 296 g/mol. The minimum atomic E-state index is -0.525. The zero-order chi connectivity index (χ0) is 16.8. The van der Waals surface area contributed by atoms with Gasteiger partial charge in [0.1, 0.15) is 6.61 Å². The van der Waals surface area contributed by atoms with Crippen LogP contribution in [0.15, 0.2) is 41.6 Å². The van der Waals surface area contributed by atoms with Gasteiger partial charge in [-0.25, -0.2) is 9.59 Å². The fourth-order valence-corrected chi connectivity index (χ4v) is 2.36. The molecule has 1 unspecified atom stereocenters. The lowest BCUT2D eigenvalue weighted by Crippen LogP contribution is -2.45. The number of carbonyl (C=O) groups is 2. The first kappa shape index (κ1) is 17.0. The molecule has 1 aliphatic heterocycles. The highest BCUT2D eigenvalue weighted by molar-refractivity contribution is 5.95. The normalized spacial score (nSPS) is 17.7. The molecule has 0 saturated heterocycles. The highest BCUT2D eigenvalue weighted by atomic mass is 16.6. The maximum absolute atomic E-state index is 12.4. The van der Waals surface area contributed by atoms with Crippen LogP contribution in [0.5, 0.6) is 0 Å². The first-order valence-electron chi connectivity index (χ1n) is 7.61. The third-order valence-electron chi connectivity index (χ3n) is 3.39. The SMILES string of the molecule is CC1=C(C(=O)OCCOC(C)C)C(c2ccccc2)NC(=O)N1. The maximum Gasteiger partial charge on any atom is 0.338 e. The van der Waals surface area contributed by atoms with Crippen LogP contribution in [0, 0.1) is 0 Å². The molecule has 1 aliphatic rings. The van der Waals surface area contributed by atoms with E-state index >= 15 is 0 Å². The molecule has 1 atom stereocenters. The third kappa shape index (κ3) is 4.56. The Hall–Kier alpha value is -2.34. The molecule has 1 heterocycles. The van der Waals surface area contributed by atoms with E-state index in [1.54, 1.807) is 6.92 Å². The van der Waals surface area contributed by atoms with Crippen LogP contribution in [0.2, 0.25) is 0 Å². The third-order valence-corrected chi connectivity index (χ3v) is 3.39. The standard InChI is InChI=1S/C17H22N2O4/c1-11(2)22-9-10-23-16(20)14-12(3)18-17(21)19-15(14)13-7-5-4-6-8-13/h4-8,11,15H,9-10H2,1-3H3,(H2,18,19,21). The van der Waals surface area contributed by atoms with E-state index in [0.29, 0.717) is 17.9 Å². The lowest BCUT2D eigenvalue weighted by Gasteiger charge is -2.28. The summed E-state index contributed by atoms with van der Waals surface area (Å²) in [6.07, 6.45) is 0.0855. The Labute approximate surface area is 135 Å². The fourth-order valence-electron chi connectivity index (χ4n) is 2.36. The van der Waals surface area contributed by atoms with Crippen LogP contribution in [0.4, 0.5) is 4.79 Å². The molecule has 0 aliphatic carbocycles. The second-order valence-corrected chi connectivity index (χ2v) is 5.54. The van der Waals surface area contributed by atoms with Crippen molar-refractivity contribution in [1.82, 2.24) is 10.6 Å². The summed E-state index contributed by atoms with van der Waals surface area (Å²) in [5.41, 5.74) is 1.73. The Kier molecular flexibility index (Phi) is 5.76. The average molecular weight is 318 g/mol. The number of carbonyl (C=O) groups excluding carboxylic acids is 2. The van der Waals surface area contributed by atoms with Crippen molar-refractivity contribution in [1.29, 1.82) is 0 Å². The van der Waals surface area contributed by atoms with Crippen LogP contribution >= 0.6 is 0 Å². The van der Waals surface area contributed by atoms with E-state index in [2.05, 4.69) is 10.6 Å². The first-order chi connectivity index (χ1) is 11.0. The smallest absolute Gasteiger partial charge is 0.338 e. The number of nitrogens with one attached hydrogen (secondary N) is 2. The highest BCUT2D eigenvalue weighted by Crippen LogP contribution is 2.27. The van der Waals surface area contributed by atoms with E-state index in [-0.39, 0.29) is 18.7 Å². The van der Waals surface area contributed by atoms with Gasteiger partial charge in [-0.1, -0.05) is 30.3 Å². The van der Waals surface area contributed by atoms with Gasteiger partial charge >= 0.3 is 12.0 Å². The Morgan fingerprint density at radius 2 is 1.91 bits per heavy atom. The molecule has 2 N–H and O–H groups in total. The lowest BCUT2D eigenvalue weighted by molar-refractivity contribution is -0.141. The summed E-state index contributed by atoms with van der Waals surface area (Å²) in [5.74, 6) is -0.462. The number of urea groups is 1. The van der Waals surface area contributed by atoms with Crippen molar-refractivity contribution >= 4 is 12.0 Å². The minimum absolute atomic E-state index is 0.0855. The van der Waals surface area contributed by atoms with Gasteiger partial charge in [-0.15, -0.1) is 0 Å². The predicted molar refractivity (Wildman–Crippen MR) is 85.6 cm³/mol. The molecule has 6 heteroatoms. The van der Waals surface area contributed by atoms with Crippen LogP contribution in [0.3, 0.4) is 0 Å². The predicted octanol–water partition coefficient (Wildman–Crippen LogP) is 2.28. The number of allylic oxidation sites excluding steroid dienone is 1. The molecule has 0 bridgehead atoms.